The summed E-state index contributed by atoms with van der Waals surface area (Å²) < 4.78 is 21.9. The van der Waals surface area contributed by atoms with Crippen LogP contribution in [0.5, 0.6) is 17.2 Å². The smallest absolute Gasteiger partial charge is 0.231 e. The number of morpholine rings is 1. The van der Waals surface area contributed by atoms with Gasteiger partial charge in [-0.2, -0.15) is 0 Å². The second-order valence-electron chi connectivity index (χ2n) is 5.96. The number of rotatable bonds is 5. The molecule has 2 aliphatic rings. The van der Waals surface area contributed by atoms with Gasteiger partial charge in [-0.25, -0.2) is 0 Å². The molecule has 3 atom stereocenters. The molecule has 1 aromatic carbocycles. The maximum Gasteiger partial charge on any atom is 0.231 e. The fourth-order valence-electron chi connectivity index (χ4n) is 2.94. The predicted octanol–water partition coefficient (Wildman–Crippen LogP) is 1.26. The Morgan fingerprint density at radius 2 is 1.95 bits per heavy atom. The average Bonchev–Trinajstić information content (AvgIpc) is 2.91. The first-order valence-corrected chi connectivity index (χ1v) is 7.68. The Morgan fingerprint density at radius 1 is 1.23 bits per heavy atom. The maximum atomic E-state index is 10.2. The normalized spacial score (nSPS) is 26.0. The van der Waals surface area contributed by atoms with Crippen molar-refractivity contribution < 1.29 is 24.1 Å². The Balaban J connectivity index is 1.47. The fraction of sp³-hybridized carbons (Fsp3) is 0.625. The Bertz CT molecular complexity index is 499. The lowest BCUT2D eigenvalue weighted by molar-refractivity contribution is -0.0786. The highest BCUT2D eigenvalue weighted by molar-refractivity contribution is 5.46. The van der Waals surface area contributed by atoms with Crippen LogP contribution in [-0.4, -0.2) is 61.4 Å². The van der Waals surface area contributed by atoms with E-state index in [1.165, 1.54) is 0 Å². The second-order valence-corrected chi connectivity index (χ2v) is 5.96. The Morgan fingerprint density at radius 3 is 2.73 bits per heavy atom. The van der Waals surface area contributed by atoms with Crippen molar-refractivity contribution in [2.75, 3.05) is 33.0 Å². The van der Waals surface area contributed by atoms with E-state index in [4.69, 9.17) is 18.9 Å². The molecule has 1 fully saturated rings. The number of benzene rings is 1. The Hall–Kier alpha value is -1.50. The van der Waals surface area contributed by atoms with Gasteiger partial charge in [0.05, 0.1) is 12.2 Å². The first-order chi connectivity index (χ1) is 10.6. The average molecular weight is 309 g/mol. The van der Waals surface area contributed by atoms with Crippen molar-refractivity contribution in [3.05, 3.63) is 18.2 Å². The molecule has 0 radical (unpaired) electrons. The molecule has 1 N–H and O–H groups in total. The van der Waals surface area contributed by atoms with Gasteiger partial charge in [0.15, 0.2) is 11.5 Å². The number of aliphatic hydroxyl groups excluding tert-OH is 1. The van der Waals surface area contributed by atoms with Gasteiger partial charge in [0.2, 0.25) is 6.79 Å². The van der Waals surface area contributed by atoms with Gasteiger partial charge in [-0.05, 0) is 26.0 Å². The van der Waals surface area contributed by atoms with Gasteiger partial charge < -0.3 is 24.1 Å². The van der Waals surface area contributed by atoms with Crippen LogP contribution in [0.2, 0.25) is 0 Å². The monoisotopic (exact) mass is 309 g/mol. The van der Waals surface area contributed by atoms with Crippen molar-refractivity contribution in [1.82, 2.24) is 4.90 Å². The number of hydrogen-bond donors (Lipinski definition) is 1. The largest absolute Gasteiger partial charge is 0.491 e. The van der Waals surface area contributed by atoms with Crippen molar-refractivity contribution in [2.24, 2.45) is 0 Å². The van der Waals surface area contributed by atoms with Gasteiger partial charge in [-0.1, -0.05) is 0 Å². The van der Waals surface area contributed by atoms with E-state index >= 15 is 0 Å². The lowest BCUT2D eigenvalue weighted by Gasteiger charge is -2.36. The van der Waals surface area contributed by atoms with Crippen LogP contribution < -0.4 is 14.2 Å². The molecule has 6 nitrogen and oxygen atoms in total. The summed E-state index contributed by atoms with van der Waals surface area (Å²) in [5.74, 6) is 2.08. The van der Waals surface area contributed by atoms with Gasteiger partial charge in [0, 0.05) is 25.7 Å². The summed E-state index contributed by atoms with van der Waals surface area (Å²) in [7, 11) is 0. The first-order valence-electron chi connectivity index (χ1n) is 7.68. The summed E-state index contributed by atoms with van der Waals surface area (Å²) in [4.78, 5) is 2.21. The molecule has 1 aromatic rings. The standard InChI is InChI=1S/C16H23NO5/c1-11-6-17(7-12(2)22-11)8-13(18)9-19-14-3-4-15-16(5-14)21-10-20-15/h3-5,11-13,18H,6-10H2,1-2H3/t11-,12+,13-/m0/s1. The van der Waals surface area contributed by atoms with Crippen molar-refractivity contribution in [3.8, 4) is 17.2 Å². The van der Waals surface area contributed by atoms with Gasteiger partial charge in [0.25, 0.3) is 0 Å². The summed E-state index contributed by atoms with van der Waals surface area (Å²) >= 11 is 0. The molecular formula is C16H23NO5. The lowest BCUT2D eigenvalue weighted by Crippen LogP contribution is -2.48. The van der Waals surface area contributed by atoms with Crippen molar-refractivity contribution in [2.45, 2.75) is 32.2 Å². The number of ether oxygens (including phenoxy) is 4. The van der Waals surface area contributed by atoms with Gasteiger partial charge in [-0.3, -0.25) is 4.90 Å². The highest BCUT2D eigenvalue weighted by Gasteiger charge is 2.24. The highest BCUT2D eigenvalue weighted by atomic mass is 16.7. The maximum absolute atomic E-state index is 10.2. The Kier molecular flexibility index (Phi) is 4.71. The second kappa shape index (κ2) is 6.73. The number of hydrogen-bond acceptors (Lipinski definition) is 6. The predicted molar refractivity (Wildman–Crippen MR) is 80.5 cm³/mol. The molecule has 0 saturated carbocycles. The number of fused-ring (bicyclic) bond motifs is 1. The molecule has 0 aromatic heterocycles. The van der Waals surface area contributed by atoms with E-state index in [-0.39, 0.29) is 25.6 Å². The highest BCUT2D eigenvalue weighted by Crippen LogP contribution is 2.35. The number of nitrogens with zero attached hydrogens (tertiary/aromatic N) is 1. The minimum atomic E-state index is -0.539. The third-order valence-corrected chi connectivity index (χ3v) is 3.75. The summed E-state index contributed by atoms with van der Waals surface area (Å²) in [6, 6.07) is 5.42. The van der Waals surface area contributed by atoms with Crippen molar-refractivity contribution in [3.63, 3.8) is 0 Å². The van der Waals surface area contributed by atoms with Crippen LogP contribution in [0.25, 0.3) is 0 Å². The zero-order valence-corrected chi connectivity index (χ0v) is 13.0. The third kappa shape index (κ3) is 3.82. The van der Waals surface area contributed by atoms with E-state index in [2.05, 4.69) is 18.7 Å². The molecule has 22 heavy (non-hydrogen) atoms. The molecule has 1 saturated heterocycles. The molecule has 2 heterocycles. The van der Waals surface area contributed by atoms with E-state index in [9.17, 15) is 5.11 Å². The SMILES string of the molecule is C[C@@H]1CN(C[C@H](O)COc2ccc3c(c2)OCO3)C[C@H](C)O1. The summed E-state index contributed by atoms with van der Waals surface area (Å²) in [5, 5.41) is 10.2. The molecule has 3 rings (SSSR count). The molecule has 122 valence electrons. The van der Waals surface area contributed by atoms with Crippen LogP contribution in [0.4, 0.5) is 0 Å². The zero-order chi connectivity index (χ0) is 15.5. The number of β-amino-alcohol motifs (C(OH)–C–C–N with tert-alkyl or cyclic N) is 1. The third-order valence-electron chi connectivity index (χ3n) is 3.75. The van der Waals surface area contributed by atoms with E-state index in [0.29, 0.717) is 18.0 Å². The van der Waals surface area contributed by atoms with Crippen molar-refractivity contribution >= 4 is 0 Å². The molecule has 0 unspecified atom stereocenters. The quantitative estimate of drug-likeness (QED) is 0.884. The molecule has 2 aliphatic heterocycles. The first kappa shape index (κ1) is 15.4. The van der Waals surface area contributed by atoms with Crippen LogP contribution in [-0.2, 0) is 4.74 Å². The minimum absolute atomic E-state index is 0.200. The van der Waals surface area contributed by atoms with Gasteiger partial charge >= 0.3 is 0 Å². The molecule has 0 bridgehead atoms. The Labute approximate surface area is 130 Å². The van der Waals surface area contributed by atoms with E-state index < -0.39 is 6.10 Å². The minimum Gasteiger partial charge on any atom is -0.491 e. The fourth-order valence-corrected chi connectivity index (χ4v) is 2.94. The van der Waals surface area contributed by atoms with Crippen LogP contribution >= 0.6 is 0 Å². The van der Waals surface area contributed by atoms with Crippen LogP contribution in [0.3, 0.4) is 0 Å². The summed E-state index contributed by atoms with van der Waals surface area (Å²) in [6.45, 7) is 6.87. The molecule has 0 spiro atoms. The zero-order valence-electron chi connectivity index (χ0n) is 13.0. The van der Waals surface area contributed by atoms with Gasteiger partial charge in [-0.15, -0.1) is 0 Å². The molecular weight excluding hydrogens is 286 g/mol. The van der Waals surface area contributed by atoms with E-state index in [0.717, 1.165) is 18.8 Å². The molecule has 0 amide bonds. The summed E-state index contributed by atoms with van der Waals surface area (Å²) in [5.41, 5.74) is 0. The van der Waals surface area contributed by atoms with Gasteiger partial charge in [0.1, 0.15) is 18.5 Å². The number of aliphatic hydroxyl groups is 1. The van der Waals surface area contributed by atoms with Crippen LogP contribution in [0.15, 0.2) is 18.2 Å². The lowest BCUT2D eigenvalue weighted by atomic mass is 10.2. The van der Waals surface area contributed by atoms with Crippen LogP contribution in [0, 0.1) is 0 Å². The van der Waals surface area contributed by atoms with Crippen molar-refractivity contribution in [1.29, 1.82) is 0 Å². The molecule has 0 aliphatic carbocycles. The molecule has 6 heteroatoms. The van der Waals surface area contributed by atoms with E-state index in [1.54, 1.807) is 6.07 Å². The van der Waals surface area contributed by atoms with E-state index in [1.807, 2.05) is 12.1 Å². The van der Waals surface area contributed by atoms with Crippen LogP contribution in [0.1, 0.15) is 13.8 Å². The summed E-state index contributed by atoms with van der Waals surface area (Å²) in [6.07, 6.45) is -0.139. The topological polar surface area (TPSA) is 60.4 Å².